The Morgan fingerprint density at radius 2 is 1.93 bits per heavy atom. The van der Waals surface area contributed by atoms with Crippen LogP contribution in [0.3, 0.4) is 0 Å². The number of nitrogens with one attached hydrogen (secondary N) is 2. The number of nitrogens with zero attached hydrogens (tertiary/aromatic N) is 4. The van der Waals surface area contributed by atoms with Crippen LogP contribution in [0.4, 0.5) is 13.2 Å². The molecule has 0 aliphatic carbocycles. The molecule has 0 atom stereocenters. The summed E-state index contributed by atoms with van der Waals surface area (Å²) in [5.41, 5.74) is 1.35. The fourth-order valence-corrected chi connectivity index (χ4v) is 3.43. The molecule has 0 aliphatic heterocycles. The van der Waals surface area contributed by atoms with E-state index >= 15 is 0 Å². The third-order valence-corrected chi connectivity index (χ3v) is 5.05. The molecule has 0 saturated heterocycles. The Bertz CT molecular complexity index is 983. The molecule has 2 heterocycles. The zero-order valence-corrected chi connectivity index (χ0v) is 19.5. The first-order chi connectivity index (χ1) is 13.8. The number of imidazole rings is 1. The third-order valence-electron chi connectivity index (χ3n) is 4.20. The number of halogens is 4. The minimum absolute atomic E-state index is 0. The number of thiazole rings is 1. The highest BCUT2D eigenvalue weighted by atomic mass is 127. The Kier molecular flexibility index (Phi) is 8.65. The van der Waals surface area contributed by atoms with Crippen LogP contribution in [-0.4, -0.2) is 27.5 Å². The van der Waals surface area contributed by atoms with Crippen molar-refractivity contribution >= 4 is 41.3 Å². The standard InChI is InChI=1S/C19H21F3N6S.HI/c1-13-24-6-7-28(13)11-15-5-3-4-14(8-15)9-25-18(23-2)26-10-17-27-16(12-29-17)19(20,21)22;/h3-8,12H,9-11H2,1-2H3,(H2,23,25,26);1H. The lowest BCUT2D eigenvalue weighted by Crippen LogP contribution is -2.36. The van der Waals surface area contributed by atoms with Gasteiger partial charge in [0.05, 0.1) is 6.54 Å². The van der Waals surface area contributed by atoms with Gasteiger partial charge in [-0.1, -0.05) is 24.3 Å². The number of aromatic nitrogens is 3. The van der Waals surface area contributed by atoms with Gasteiger partial charge in [0.1, 0.15) is 10.8 Å². The van der Waals surface area contributed by atoms with Crippen molar-refractivity contribution in [2.24, 2.45) is 4.99 Å². The van der Waals surface area contributed by atoms with Crippen molar-refractivity contribution in [1.82, 2.24) is 25.2 Å². The number of aliphatic imine (C=N–C) groups is 1. The molecule has 0 amide bonds. The number of alkyl halides is 3. The van der Waals surface area contributed by atoms with Crippen LogP contribution in [0.5, 0.6) is 0 Å². The predicted molar refractivity (Wildman–Crippen MR) is 122 cm³/mol. The summed E-state index contributed by atoms with van der Waals surface area (Å²) in [6, 6.07) is 8.14. The lowest BCUT2D eigenvalue weighted by atomic mass is 10.1. The molecule has 6 nitrogen and oxygen atoms in total. The molecule has 0 bridgehead atoms. The van der Waals surface area contributed by atoms with Crippen molar-refractivity contribution in [3.8, 4) is 0 Å². The summed E-state index contributed by atoms with van der Waals surface area (Å²) in [5, 5.41) is 7.51. The Balaban J connectivity index is 0.00000320. The fourth-order valence-electron chi connectivity index (χ4n) is 2.69. The predicted octanol–water partition coefficient (Wildman–Crippen LogP) is 4.20. The molecule has 2 aromatic heterocycles. The van der Waals surface area contributed by atoms with E-state index in [9.17, 15) is 13.2 Å². The van der Waals surface area contributed by atoms with Gasteiger partial charge < -0.3 is 15.2 Å². The molecule has 0 unspecified atom stereocenters. The van der Waals surface area contributed by atoms with Gasteiger partial charge >= 0.3 is 6.18 Å². The van der Waals surface area contributed by atoms with Gasteiger partial charge in [-0.25, -0.2) is 9.97 Å². The van der Waals surface area contributed by atoms with Crippen LogP contribution in [0.1, 0.15) is 27.7 Å². The van der Waals surface area contributed by atoms with Crippen molar-refractivity contribution in [3.63, 3.8) is 0 Å². The van der Waals surface area contributed by atoms with Gasteiger partial charge in [0.2, 0.25) is 0 Å². The van der Waals surface area contributed by atoms with E-state index in [-0.39, 0.29) is 30.5 Å². The number of guanidine groups is 1. The maximum atomic E-state index is 12.6. The van der Waals surface area contributed by atoms with E-state index in [0.717, 1.165) is 40.2 Å². The summed E-state index contributed by atoms with van der Waals surface area (Å²) >= 11 is 0.964. The second-order valence-corrected chi connectivity index (χ2v) is 7.27. The molecule has 1 aromatic carbocycles. The van der Waals surface area contributed by atoms with Crippen LogP contribution in [-0.2, 0) is 25.8 Å². The van der Waals surface area contributed by atoms with E-state index in [1.165, 1.54) is 0 Å². The number of benzene rings is 1. The SMILES string of the molecule is CN=C(NCc1cccc(Cn2ccnc2C)c1)NCc1nc(C(F)(F)F)cs1.I. The van der Waals surface area contributed by atoms with Crippen LogP contribution >= 0.6 is 35.3 Å². The molecule has 0 fully saturated rings. The lowest BCUT2D eigenvalue weighted by molar-refractivity contribution is -0.140. The van der Waals surface area contributed by atoms with Gasteiger partial charge in [-0.3, -0.25) is 4.99 Å². The van der Waals surface area contributed by atoms with Crippen LogP contribution < -0.4 is 10.6 Å². The molecule has 0 saturated carbocycles. The first kappa shape index (κ1) is 24.1. The van der Waals surface area contributed by atoms with Crippen molar-refractivity contribution in [2.75, 3.05) is 7.05 Å². The average Bonchev–Trinajstić information content (AvgIpc) is 3.32. The molecule has 2 N–H and O–H groups in total. The summed E-state index contributed by atoms with van der Waals surface area (Å²) in [6.07, 6.45) is -0.708. The quantitative estimate of drug-likeness (QED) is 0.275. The van der Waals surface area contributed by atoms with Crippen LogP contribution in [0.2, 0.25) is 0 Å². The monoisotopic (exact) mass is 550 g/mol. The fraction of sp³-hybridized carbons (Fsp3) is 0.316. The topological polar surface area (TPSA) is 67.1 Å². The molecule has 0 aliphatic rings. The highest BCUT2D eigenvalue weighted by Gasteiger charge is 2.33. The second kappa shape index (κ2) is 10.8. The summed E-state index contributed by atoms with van der Waals surface area (Å²) in [4.78, 5) is 11.9. The Hall–Kier alpha value is -2.15. The smallest absolute Gasteiger partial charge is 0.352 e. The van der Waals surface area contributed by atoms with Crippen molar-refractivity contribution in [1.29, 1.82) is 0 Å². The highest BCUT2D eigenvalue weighted by Crippen LogP contribution is 2.29. The maximum Gasteiger partial charge on any atom is 0.434 e. The van der Waals surface area contributed by atoms with Crippen LogP contribution in [0, 0.1) is 6.92 Å². The van der Waals surface area contributed by atoms with Crippen molar-refractivity contribution < 1.29 is 13.2 Å². The van der Waals surface area contributed by atoms with Gasteiger partial charge in [0.25, 0.3) is 0 Å². The van der Waals surface area contributed by atoms with Crippen molar-refractivity contribution in [3.05, 3.63) is 69.7 Å². The largest absolute Gasteiger partial charge is 0.434 e. The van der Waals surface area contributed by atoms with Gasteiger partial charge in [0.15, 0.2) is 11.7 Å². The maximum absolute atomic E-state index is 12.6. The number of aryl methyl sites for hydroxylation is 1. The minimum atomic E-state index is -4.42. The molecular formula is C19H22F3IN6S. The first-order valence-corrected chi connectivity index (χ1v) is 9.75. The summed E-state index contributed by atoms with van der Waals surface area (Å²) in [5.74, 6) is 1.44. The lowest BCUT2D eigenvalue weighted by Gasteiger charge is -2.12. The van der Waals surface area contributed by atoms with E-state index in [0.29, 0.717) is 17.5 Å². The van der Waals surface area contributed by atoms with E-state index in [1.807, 2.05) is 25.3 Å². The summed E-state index contributed by atoms with van der Waals surface area (Å²) < 4.78 is 40.0. The Morgan fingerprint density at radius 3 is 2.57 bits per heavy atom. The number of hydrogen-bond acceptors (Lipinski definition) is 4. The molecule has 30 heavy (non-hydrogen) atoms. The molecule has 0 radical (unpaired) electrons. The Labute approximate surface area is 193 Å². The summed E-state index contributed by atoms with van der Waals surface area (Å²) in [6.45, 7) is 3.39. The average molecular weight is 550 g/mol. The highest BCUT2D eigenvalue weighted by molar-refractivity contribution is 14.0. The summed E-state index contributed by atoms with van der Waals surface area (Å²) in [7, 11) is 1.61. The number of rotatable bonds is 6. The van der Waals surface area contributed by atoms with Gasteiger partial charge in [0, 0.05) is 37.9 Å². The molecule has 3 aromatic rings. The van der Waals surface area contributed by atoms with E-state index in [4.69, 9.17) is 0 Å². The third kappa shape index (κ3) is 6.69. The molecule has 3 rings (SSSR count). The molecule has 162 valence electrons. The van der Waals surface area contributed by atoms with Crippen LogP contribution in [0.15, 0.2) is 47.0 Å². The van der Waals surface area contributed by atoms with E-state index < -0.39 is 11.9 Å². The van der Waals surface area contributed by atoms with E-state index in [1.54, 1.807) is 13.2 Å². The van der Waals surface area contributed by atoms with Gasteiger partial charge in [-0.15, -0.1) is 35.3 Å². The number of hydrogen-bond donors (Lipinski definition) is 2. The second-order valence-electron chi connectivity index (χ2n) is 6.33. The Morgan fingerprint density at radius 1 is 1.20 bits per heavy atom. The van der Waals surface area contributed by atoms with E-state index in [2.05, 4.69) is 42.3 Å². The zero-order chi connectivity index (χ0) is 20.9. The minimum Gasteiger partial charge on any atom is -0.352 e. The van der Waals surface area contributed by atoms with Crippen LogP contribution in [0.25, 0.3) is 0 Å². The van der Waals surface area contributed by atoms with Gasteiger partial charge in [-0.05, 0) is 18.1 Å². The normalized spacial score (nSPS) is 11.8. The molecule has 0 spiro atoms. The van der Waals surface area contributed by atoms with Crippen molar-refractivity contribution in [2.45, 2.75) is 32.7 Å². The first-order valence-electron chi connectivity index (χ1n) is 8.87. The molecular weight excluding hydrogens is 528 g/mol. The molecule has 11 heteroatoms. The zero-order valence-electron chi connectivity index (χ0n) is 16.4. The van der Waals surface area contributed by atoms with Gasteiger partial charge in [-0.2, -0.15) is 13.2 Å².